The number of aliphatic carboxylic acids is 1. The Morgan fingerprint density at radius 2 is 1.35 bits per heavy atom. The first kappa shape index (κ1) is 27.9. The van der Waals surface area contributed by atoms with Crippen LogP contribution in [0.2, 0.25) is 5.02 Å². The standard InChI is InChI=1S/C27H22ClNO4.C4H10/c1-17(18-6-8-19(9-7-18)20-10-12-22(28)13-11-20)16-21(27(32)33)14-15-29-25(30)23-4-2-3-5-24(23)26(29)31;1-3-4-2/h2-13,21H,1,14-16H2,(H,32,33);3-4H2,1-2H3. The maximum absolute atomic E-state index is 12.5. The van der Waals surface area contributed by atoms with Gasteiger partial charge in [-0.15, -0.1) is 0 Å². The summed E-state index contributed by atoms with van der Waals surface area (Å²) in [6.07, 6.45) is 3.02. The van der Waals surface area contributed by atoms with E-state index < -0.39 is 11.9 Å². The normalized spacial score (nSPS) is 13.0. The van der Waals surface area contributed by atoms with Gasteiger partial charge in [-0.3, -0.25) is 19.3 Å². The number of carbonyl (C=O) groups excluding carboxylic acids is 2. The second-order valence-electron chi connectivity index (χ2n) is 9.02. The molecule has 0 spiro atoms. The van der Waals surface area contributed by atoms with Crippen LogP contribution < -0.4 is 0 Å². The summed E-state index contributed by atoms with van der Waals surface area (Å²) in [6, 6.07) is 21.9. The Labute approximate surface area is 223 Å². The van der Waals surface area contributed by atoms with Crippen molar-refractivity contribution in [3.63, 3.8) is 0 Å². The smallest absolute Gasteiger partial charge is 0.306 e. The number of rotatable bonds is 9. The third kappa shape index (κ3) is 6.95. The Morgan fingerprint density at radius 1 is 0.865 bits per heavy atom. The Hall–Kier alpha value is -3.70. The SMILES string of the molecule is C=C(CC(CCN1C(=O)c2ccccc2C1=O)C(=O)O)c1ccc(-c2ccc(Cl)cc2)cc1.CCCC. The Morgan fingerprint density at radius 3 is 1.81 bits per heavy atom. The number of imide groups is 1. The van der Waals surface area contributed by atoms with Crippen molar-refractivity contribution in [2.24, 2.45) is 5.92 Å². The van der Waals surface area contributed by atoms with Gasteiger partial charge in [-0.1, -0.05) is 93.4 Å². The number of nitrogens with zero attached hydrogens (tertiary/aromatic N) is 1. The van der Waals surface area contributed by atoms with Crippen LogP contribution in [0.5, 0.6) is 0 Å². The first-order valence-corrected chi connectivity index (χ1v) is 12.9. The van der Waals surface area contributed by atoms with Gasteiger partial charge >= 0.3 is 5.97 Å². The number of halogens is 1. The van der Waals surface area contributed by atoms with Gasteiger partial charge in [-0.25, -0.2) is 0 Å². The van der Waals surface area contributed by atoms with Gasteiger partial charge in [-0.2, -0.15) is 0 Å². The van der Waals surface area contributed by atoms with Crippen LogP contribution in [0.1, 0.15) is 65.8 Å². The average Bonchev–Trinajstić information content (AvgIpc) is 3.16. The minimum atomic E-state index is -0.981. The lowest BCUT2D eigenvalue weighted by molar-refractivity contribution is -0.141. The van der Waals surface area contributed by atoms with E-state index in [1.807, 2.05) is 48.5 Å². The lowest BCUT2D eigenvalue weighted by Crippen LogP contribution is -2.33. The topological polar surface area (TPSA) is 74.7 Å². The monoisotopic (exact) mass is 517 g/mol. The number of amides is 2. The summed E-state index contributed by atoms with van der Waals surface area (Å²) in [7, 11) is 0. The highest BCUT2D eigenvalue weighted by Gasteiger charge is 2.35. The minimum Gasteiger partial charge on any atom is -0.481 e. The van der Waals surface area contributed by atoms with Crippen LogP contribution >= 0.6 is 11.6 Å². The molecule has 0 aromatic heterocycles. The molecule has 0 radical (unpaired) electrons. The number of benzene rings is 3. The highest BCUT2D eigenvalue weighted by atomic mass is 35.5. The second-order valence-corrected chi connectivity index (χ2v) is 9.46. The van der Waals surface area contributed by atoms with Crippen LogP contribution in [0, 0.1) is 5.92 Å². The molecule has 2 amide bonds. The van der Waals surface area contributed by atoms with Gasteiger partial charge in [0.15, 0.2) is 0 Å². The van der Waals surface area contributed by atoms with Gasteiger partial charge in [0.1, 0.15) is 0 Å². The van der Waals surface area contributed by atoms with E-state index >= 15 is 0 Å². The van der Waals surface area contributed by atoms with Crippen molar-refractivity contribution in [1.82, 2.24) is 4.90 Å². The summed E-state index contributed by atoms with van der Waals surface area (Å²) in [6.45, 7) is 8.48. The van der Waals surface area contributed by atoms with E-state index in [2.05, 4.69) is 20.4 Å². The molecular weight excluding hydrogens is 486 g/mol. The van der Waals surface area contributed by atoms with Crippen molar-refractivity contribution >= 4 is 35.0 Å². The summed E-state index contributed by atoms with van der Waals surface area (Å²) in [5.74, 6) is -2.50. The van der Waals surface area contributed by atoms with Crippen molar-refractivity contribution in [3.05, 3.63) is 101 Å². The van der Waals surface area contributed by atoms with E-state index in [9.17, 15) is 19.5 Å². The maximum Gasteiger partial charge on any atom is 0.306 e. The number of hydrogen-bond acceptors (Lipinski definition) is 3. The van der Waals surface area contributed by atoms with Gasteiger partial charge in [0.2, 0.25) is 0 Å². The zero-order chi connectivity index (χ0) is 26.9. The van der Waals surface area contributed by atoms with Gasteiger partial charge in [-0.05, 0) is 59.4 Å². The predicted molar refractivity (Wildman–Crippen MR) is 149 cm³/mol. The van der Waals surface area contributed by atoms with E-state index in [0.29, 0.717) is 21.7 Å². The molecule has 0 fully saturated rings. The maximum atomic E-state index is 12.5. The van der Waals surface area contributed by atoms with Gasteiger partial charge in [0.25, 0.3) is 11.8 Å². The Kier molecular flexibility index (Phi) is 9.81. The summed E-state index contributed by atoms with van der Waals surface area (Å²) in [4.78, 5) is 38.1. The van der Waals surface area contributed by atoms with E-state index in [1.54, 1.807) is 24.3 Å². The number of allylic oxidation sites excluding steroid dienone is 1. The fourth-order valence-corrected chi connectivity index (χ4v) is 4.12. The number of carboxylic acid groups (broad SMARTS) is 1. The summed E-state index contributed by atoms with van der Waals surface area (Å²) < 4.78 is 0. The summed E-state index contributed by atoms with van der Waals surface area (Å²) >= 11 is 5.95. The zero-order valence-corrected chi connectivity index (χ0v) is 22.0. The number of unbranched alkanes of at least 4 members (excludes halogenated alkanes) is 1. The molecular formula is C31H32ClNO4. The van der Waals surface area contributed by atoms with E-state index in [-0.39, 0.29) is 31.2 Å². The fourth-order valence-electron chi connectivity index (χ4n) is 4.00. The molecule has 1 heterocycles. The molecule has 1 aliphatic heterocycles. The summed E-state index contributed by atoms with van der Waals surface area (Å²) in [5.41, 5.74) is 4.30. The lowest BCUT2D eigenvalue weighted by Gasteiger charge is -2.19. The predicted octanol–water partition coefficient (Wildman–Crippen LogP) is 7.60. The second kappa shape index (κ2) is 13.0. The molecule has 0 saturated carbocycles. The van der Waals surface area contributed by atoms with Crippen LogP contribution in [-0.4, -0.2) is 34.3 Å². The first-order chi connectivity index (χ1) is 17.8. The molecule has 37 heavy (non-hydrogen) atoms. The van der Waals surface area contributed by atoms with Crippen LogP contribution in [-0.2, 0) is 4.79 Å². The molecule has 0 saturated heterocycles. The number of carbonyl (C=O) groups is 3. The molecule has 1 atom stereocenters. The van der Waals surface area contributed by atoms with Crippen molar-refractivity contribution in [2.75, 3.05) is 6.54 Å². The number of hydrogen-bond donors (Lipinski definition) is 1. The Bertz CT molecular complexity index is 1230. The molecule has 3 aromatic rings. The van der Waals surface area contributed by atoms with Gasteiger partial charge in [0, 0.05) is 11.6 Å². The van der Waals surface area contributed by atoms with Crippen LogP contribution in [0.3, 0.4) is 0 Å². The molecule has 1 aliphatic rings. The molecule has 3 aromatic carbocycles. The Balaban J connectivity index is 0.000000886. The minimum absolute atomic E-state index is 0.0477. The molecule has 1 N–H and O–H groups in total. The number of carboxylic acids is 1. The van der Waals surface area contributed by atoms with E-state index in [1.165, 1.54) is 12.8 Å². The highest BCUT2D eigenvalue weighted by Crippen LogP contribution is 2.28. The number of fused-ring (bicyclic) bond motifs is 1. The molecule has 0 aliphatic carbocycles. The van der Waals surface area contributed by atoms with Crippen LogP contribution in [0.4, 0.5) is 0 Å². The average molecular weight is 518 g/mol. The fraction of sp³-hybridized carbons (Fsp3) is 0.258. The third-order valence-corrected chi connectivity index (χ3v) is 6.64. The van der Waals surface area contributed by atoms with Crippen LogP contribution in [0.25, 0.3) is 16.7 Å². The molecule has 0 bridgehead atoms. The van der Waals surface area contributed by atoms with Gasteiger partial charge in [0.05, 0.1) is 17.0 Å². The first-order valence-electron chi connectivity index (χ1n) is 12.5. The molecule has 192 valence electrons. The largest absolute Gasteiger partial charge is 0.481 e. The van der Waals surface area contributed by atoms with Crippen molar-refractivity contribution in [3.8, 4) is 11.1 Å². The van der Waals surface area contributed by atoms with Crippen molar-refractivity contribution in [1.29, 1.82) is 0 Å². The van der Waals surface area contributed by atoms with E-state index in [0.717, 1.165) is 21.6 Å². The highest BCUT2D eigenvalue weighted by molar-refractivity contribution is 6.30. The molecule has 6 heteroatoms. The lowest BCUT2D eigenvalue weighted by atomic mass is 9.92. The van der Waals surface area contributed by atoms with Crippen molar-refractivity contribution in [2.45, 2.75) is 39.5 Å². The zero-order valence-electron chi connectivity index (χ0n) is 21.2. The van der Waals surface area contributed by atoms with Crippen LogP contribution in [0.15, 0.2) is 79.4 Å². The molecule has 1 unspecified atom stereocenters. The third-order valence-electron chi connectivity index (χ3n) is 6.39. The van der Waals surface area contributed by atoms with Crippen molar-refractivity contribution < 1.29 is 19.5 Å². The summed E-state index contributed by atoms with van der Waals surface area (Å²) in [5, 5.41) is 10.4. The molecule has 4 rings (SSSR count). The molecule has 5 nitrogen and oxygen atoms in total. The quantitative estimate of drug-likeness (QED) is 0.296. The van der Waals surface area contributed by atoms with Gasteiger partial charge < -0.3 is 5.11 Å². The van der Waals surface area contributed by atoms with E-state index in [4.69, 9.17) is 11.6 Å².